The molecule has 0 unspecified atom stereocenters. The quantitative estimate of drug-likeness (QED) is 0.574. The van der Waals surface area contributed by atoms with E-state index in [1.165, 1.54) is 32.1 Å². The van der Waals surface area contributed by atoms with Gasteiger partial charge in [0, 0.05) is 0 Å². The summed E-state index contributed by atoms with van der Waals surface area (Å²) in [7, 11) is 0. The van der Waals surface area contributed by atoms with Crippen molar-refractivity contribution in [2.45, 2.75) is 39.0 Å². The van der Waals surface area contributed by atoms with Gasteiger partial charge in [-0.25, -0.2) is 0 Å². The molecule has 1 aliphatic rings. The van der Waals surface area contributed by atoms with E-state index < -0.39 is 0 Å². The molecule has 0 aromatic heterocycles. The van der Waals surface area contributed by atoms with Crippen LogP contribution in [-0.4, -0.2) is 6.54 Å². The van der Waals surface area contributed by atoms with Gasteiger partial charge in [0.05, 0.1) is 0 Å². The minimum Gasteiger partial charge on any atom is -0.330 e. The Morgan fingerprint density at radius 1 is 1.33 bits per heavy atom. The van der Waals surface area contributed by atoms with Crippen LogP contribution in [0, 0.1) is 5.41 Å². The molecule has 0 bridgehead atoms. The zero-order chi connectivity index (χ0) is 6.74. The molecule has 1 rings (SSSR count). The highest BCUT2D eigenvalue weighted by Gasteiger charge is 2.35. The van der Waals surface area contributed by atoms with Crippen LogP contribution in [0.4, 0.5) is 0 Å². The van der Waals surface area contributed by atoms with Gasteiger partial charge in [-0.15, -0.1) is 0 Å². The summed E-state index contributed by atoms with van der Waals surface area (Å²) in [5.74, 6) is 0. The van der Waals surface area contributed by atoms with Crippen LogP contribution < -0.4 is 5.73 Å². The van der Waals surface area contributed by atoms with E-state index in [4.69, 9.17) is 5.73 Å². The second-order valence-electron chi connectivity index (χ2n) is 3.56. The van der Waals surface area contributed by atoms with Crippen molar-refractivity contribution in [3.8, 4) is 0 Å². The first kappa shape index (κ1) is 7.07. The third-order valence-electron chi connectivity index (χ3n) is 2.34. The lowest BCUT2D eigenvalue weighted by molar-refractivity contribution is 0.485. The molecule has 0 saturated heterocycles. The van der Waals surface area contributed by atoms with Crippen molar-refractivity contribution in [3.05, 3.63) is 0 Å². The van der Waals surface area contributed by atoms with E-state index in [2.05, 4.69) is 6.92 Å². The van der Waals surface area contributed by atoms with Crippen LogP contribution in [0.2, 0.25) is 0 Å². The van der Waals surface area contributed by atoms with Crippen molar-refractivity contribution in [3.63, 3.8) is 0 Å². The van der Waals surface area contributed by atoms with E-state index in [0.717, 1.165) is 12.0 Å². The van der Waals surface area contributed by atoms with Gasteiger partial charge in [0.1, 0.15) is 0 Å². The van der Waals surface area contributed by atoms with E-state index in [1.807, 2.05) is 0 Å². The molecule has 1 aliphatic carbocycles. The summed E-state index contributed by atoms with van der Waals surface area (Å²) < 4.78 is 0. The van der Waals surface area contributed by atoms with Gasteiger partial charge in [0.25, 0.3) is 0 Å². The molecule has 54 valence electrons. The van der Waals surface area contributed by atoms with Crippen LogP contribution in [-0.2, 0) is 0 Å². The molecular formula is C8H17N. The molecule has 2 N–H and O–H groups in total. The van der Waals surface area contributed by atoms with Gasteiger partial charge in [0.15, 0.2) is 0 Å². The summed E-state index contributed by atoms with van der Waals surface area (Å²) in [4.78, 5) is 0. The number of nitrogens with two attached hydrogens (primary N) is 1. The first-order valence-corrected chi connectivity index (χ1v) is 3.97. The molecule has 0 spiro atoms. The predicted octanol–water partition coefficient (Wildman–Crippen LogP) is 1.92. The first-order chi connectivity index (χ1) is 4.27. The van der Waals surface area contributed by atoms with Crippen LogP contribution in [0.25, 0.3) is 0 Å². The number of rotatable bonds is 4. The Balaban J connectivity index is 1.92. The summed E-state index contributed by atoms with van der Waals surface area (Å²) in [6, 6.07) is 0. The van der Waals surface area contributed by atoms with E-state index in [0.29, 0.717) is 0 Å². The van der Waals surface area contributed by atoms with Crippen LogP contribution in [0.1, 0.15) is 39.0 Å². The van der Waals surface area contributed by atoms with Gasteiger partial charge in [-0.2, -0.15) is 0 Å². The highest BCUT2D eigenvalue weighted by molar-refractivity contribution is 4.87. The molecule has 1 fully saturated rings. The summed E-state index contributed by atoms with van der Waals surface area (Å²) in [5, 5.41) is 0. The van der Waals surface area contributed by atoms with Crippen LogP contribution in [0.5, 0.6) is 0 Å². The van der Waals surface area contributed by atoms with E-state index in [9.17, 15) is 0 Å². The Hall–Kier alpha value is -0.0400. The summed E-state index contributed by atoms with van der Waals surface area (Å²) >= 11 is 0. The number of unbranched alkanes of at least 4 members (excludes halogenated alkanes) is 1. The molecule has 0 aromatic carbocycles. The maximum absolute atomic E-state index is 5.38. The van der Waals surface area contributed by atoms with Gasteiger partial charge in [-0.1, -0.05) is 13.3 Å². The molecule has 0 radical (unpaired) electrons. The smallest absolute Gasteiger partial charge is 0.00773 e. The van der Waals surface area contributed by atoms with E-state index in [-0.39, 0.29) is 0 Å². The van der Waals surface area contributed by atoms with Crippen molar-refractivity contribution in [1.29, 1.82) is 0 Å². The molecule has 0 heterocycles. The maximum Gasteiger partial charge on any atom is -0.00773 e. The fourth-order valence-electron chi connectivity index (χ4n) is 1.16. The lowest BCUT2D eigenvalue weighted by atomic mass is 10.0. The van der Waals surface area contributed by atoms with Crippen molar-refractivity contribution in [2.24, 2.45) is 11.1 Å². The molecule has 1 saturated carbocycles. The van der Waals surface area contributed by atoms with Crippen LogP contribution >= 0.6 is 0 Å². The summed E-state index contributed by atoms with van der Waals surface area (Å²) in [5.41, 5.74) is 6.12. The standard InChI is InChI=1S/C8H17N/c1-8(5-6-8)4-2-3-7-9/h2-7,9H2,1H3. The summed E-state index contributed by atoms with van der Waals surface area (Å²) in [6.07, 6.45) is 6.88. The Morgan fingerprint density at radius 3 is 2.44 bits per heavy atom. The molecule has 0 aromatic rings. The number of hydrogen-bond acceptors (Lipinski definition) is 1. The highest BCUT2D eigenvalue weighted by Crippen LogP contribution is 2.48. The zero-order valence-electron chi connectivity index (χ0n) is 6.32. The third-order valence-corrected chi connectivity index (χ3v) is 2.34. The largest absolute Gasteiger partial charge is 0.330 e. The molecule has 0 amide bonds. The molecule has 1 nitrogen and oxygen atoms in total. The monoisotopic (exact) mass is 127 g/mol. The third kappa shape index (κ3) is 2.35. The van der Waals surface area contributed by atoms with Crippen molar-refractivity contribution >= 4 is 0 Å². The van der Waals surface area contributed by atoms with Crippen molar-refractivity contribution in [2.75, 3.05) is 6.54 Å². The maximum atomic E-state index is 5.38. The second kappa shape index (κ2) is 2.70. The minimum absolute atomic E-state index is 0.745. The number of hydrogen-bond donors (Lipinski definition) is 1. The Bertz CT molecular complexity index is 84.6. The predicted molar refractivity (Wildman–Crippen MR) is 40.2 cm³/mol. The Morgan fingerprint density at radius 2 is 2.00 bits per heavy atom. The molecule has 1 heteroatoms. The van der Waals surface area contributed by atoms with E-state index >= 15 is 0 Å². The highest BCUT2D eigenvalue weighted by atomic mass is 14.5. The van der Waals surface area contributed by atoms with Crippen molar-refractivity contribution in [1.82, 2.24) is 0 Å². The molecule has 9 heavy (non-hydrogen) atoms. The van der Waals surface area contributed by atoms with Gasteiger partial charge >= 0.3 is 0 Å². The Labute approximate surface area is 57.6 Å². The van der Waals surface area contributed by atoms with E-state index in [1.54, 1.807) is 0 Å². The topological polar surface area (TPSA) is 26.0 Å². The zero-order valence-corrected chi connectivity index (χ0v) is 6.32. The molecule has 0 aliphatic heterocycles. The van der Waals surface area contributed by atoms with Crippen molar-refractivity contribution < 1.29 is 0 Å². The van der Waals surface area contributed by atoms with Crippen LogP contribution in [0.15, 0.2) is 0 Å². The Kier molecular flexibility index (Phi) is 2.12. The second-order valence-corrected chi connectivity index (χ2v) is 3.56. The molecule has 0 atom stereocenters. The fourth-order valence-corrected chi connectivity index (χ4v) is 1.16. The van der Waals surface area contributed by atoms with Gasteiger partial charge < -0.3 is 5.73 Å². The normalized spacial score (nSPS) is 22.0. The molecular weight excluding hydrogens is 110 g/mol. The first-order valence-electron chi connectivity index (χ1n) is 3.97. The lowest BCUT2D eigenvalue weighted by Crippen LogP contribution is -2.00. The van der Waals surface area contributed by atoms with Crippen LogP contribution in [0.3, 0.4) is 0 Å². The summed E-state index contributed by atoms with van der Waals surface area (Å²) in [6.45, 7) is 3.25. The van der Waals surface area contributed by atoms with Gasteiger partial charge in [-0.05, 0) is 37.6 Å². The van der Waals surface area contributed by atoms with Gasteiger partial charge in [-0.3, -0.25) is 0 Å². The average Bonchev–Trinajstić information content (AvgIpc) is 2.50. The average molecular weight is 127 g/mol. The SMILES string of the molecule is CC1(CCCCN)CC1. The lowest BCUT2D eigenvalue weighted by Gasteiger charge is -2.04. The fraction of sp³-hybridized carbons (Fsp3) is 1.00. The minimum atomic E-state index is 0.745. The van der Waals surface area contributed by atoms with Gasteiger partial charge in [0.2, 0.25) is 0 Å².